The maximum Gasteiger partial charge on any atom is 0.349 e. The van der Waals surface area contributed by atoms with Gasteiger partial charge in [0.1, 0.15) is 11.9 Å². The molecule has 8 heteroatoms. The van der Waals surface area contributed by atoms with E-state index in [1.807, 2.05) is 19.1 Å². The number of benzene rings is 1. The van der Waals surface area contributed by atoms with Gasteiger partial charge < -0.3 is 4.74 Å². The normalized spacial score (nSPS) is 10.0. The van der Waals surface area contributed by atoms with E-state index in [1.54, 1.807) is 12.1 Å². The minimum Gasteiger partial charge on any atom is -0.434 e. The molecule has 0 spiro atoms. The predicted molar refractivity (Wildman–Crippen MR) is 67.7 cm³/mol. The molecule has 19 heavy (non-hydrogen) atoms. The molecule has 1 heterocycles. The number of nitrogen functional groups attached to an aromatic ring is 1. The summed E-state index contributed by atoms with van der Waals surface area (Å²) in [4.78, 5) is 17.7. The molecule has 0 aliphatic heterocycles. The summed E-state index contributed by atoms with van der Waals surface area (Å²) in [5, 5.41) is 10.9. The molecule has 0 saturated heterocycles. The fourth-order valence-corrected chi connectivity index (χ4v) is 1.35. The van der Waals surface area contributed by atoms with E-state index < -0.39 is 4.92 Å². The number of anilines is 1. The third-order valence-corrected chi connectivity index (χ3v) is 2.30. The van der Waals surface area contributed by atoms with Crippen LogP contribution in [0.2, 0.25) is 0 Å². The molecule has 0 amide bonds. The number of aryl methyl sites for hydroxylation is 1. The molecular formula is C11H11N5O3. The third-order valence-electron chi connectivity index (χ3n) is 2.30. The first kappa shape index (κ1) is 12.7. The molecule has 0 bridgehead atoms. The molecule has 0 fully saturated rings. The van der Waals surface area contributed by atoms with Gasteiger partial charge in [0.15, 0.2) is 0 Å². The van der Waals surface area contributed by atoms with Crippen molar-refractivity contribution in [3.05, 3.63) is 46.1 Å². The van der Waals surface area contributed by atoms with Gasteiger partial charge in [0.25, 0.3) is 0 Å². The molecule has 0 saturated carbocycles. The molecular weight excluding hydrogens is 250 g/mol. The number of nitrogens with two attached hydrogens (primary N) is 1. The summed E-state index contributed by atoms with van der Waals surface area (Å²) in [5.74, 6) is 5.46. The van der Waals surface area contributed by atoms with Crippen LogP contribution in [0, 0.1) is 17.0 Å². The van der Waals surface area contributed by atoms with Crippen LogP contribution in [0.5, 0.6) is 11.6 Å². The van der Waals surface area contributed by atoms with Crippen LogP contribution >= 0.6 is 0 Å². The van der Waals surface area contributed by atoms with Gasteiger partial charge in [0.05, 0.1) is 4.92 Å². The summed E-state index contributed by atoms with van der Waals surface area (Å²) in [6.45, 7) is 1.92. The second-order valence-corrected chi connectivity index (χ2v) is 3.70. The second kappa shape index (κ2) is 5.27. The topological polar surface area (TPSA) is 116 Å². The van der Waals surface area contributed by atoms with Crippen LogP contribution in [0.25, 0.3) is 0 Å². The maximum atomic E-state index is 10.9. The Kier molecular flexibility index (Phi) is 3.53. The van der Waals surface area contributed by atoms with E-state index in [1.165, 1.54) is 0 Å². The first-order valence-electron chi connectivity index (χ1n) is 5.32. The number of hydrogen-bond acceptors (Lipinski definition) is 7. The molecule has 3 N–H and O–H groups in total. The van der Waals surface area contributed by atoms with Gasteiger partial charge in [0.2, 0.25) is 5.95 Å². The molecule has 8 nitrogen and oxygen atoms in total. The van der Waals surface area contributed by atoms with Crippen molar-refractivity contribution in [1.29, 1.82) is 0 Å². The van der Waals surface area contributed by atoms with Gasteiger partial charge >= 0.3 is 11.6 Å². The van der Waals surface area contributed by atoms with Crippen molar-refractivity contribution in [3.63, 3.8) is 0 Å². The highest BCUT2D eigenvalue weighted by molar-refractivity contribution is 5.45. The lowest BCUT2D eigenvalue weighted by Gasteiger charge is -2.06. The lowest BCUT2D eigenvalue weighted by molar-refractivity contribution is -0.386. The van der Waals surface area contributed by atoms with Gasteiger partial charge in [0, 0.05) is 0 Å². The average Bonchev–Trinajstić information content (AvgIpc) is 2.41. The molecule has 0 radical (unpaired) electrons. The maximum absolute atomic E-state index is 10.9. The van der Waals surface area contributed by atoms with Crippen molar-refractivity contribution in [2.24, 2.45) is 5.84 Å². The van der Waals surface area contributed by atoms with Gasteiger partial charge in [-0.15, -0.1) is 0 Å². The number of nitro groups is 1. The minimum atomic E-state index is -0.621. The molecule has 98 valence electrons. The van der Waals surface area contributed by atoms with E-state index in [4.69, 9.17) is 10.6 Å². The van der Waals surface area contributed by atoms with Crippen LogP contribution in [-0.4, -0.2) is 14.9 Å². The highest BCUT2D eigenvalue weighted by Gasteiger charge is 2.19. The van der Waals surface area contributed by atoms with E-state index in [2.05, 4.69) is 15.4 Å². The number of hydrazine groups is 1. The summed E-state index contributed by atoms with van der Waals surface area (Å²) < 4.78 is 5.38. The lowest BCUT2D eigenvalue weighted by atomic mass is 10.2. The number of nitrogens with zero attached hydrogens (tertiary/aromatic N) is 3. The largest absolute Gasteiger partial charge is 0.434 e. The van der Waals surface area contributed by atoms with Crippen molar-refractivity contribution < 1.29 is 9.66 Å². The summed E-state index contributed by atoms with van der Waals surface area (Å²) in [7, 11) is 0. The number of ether oxygens (including phenoxy) is 1. The van der Waals surface area contributed by atoms with Crippen LogP contribution < -0.4 is 16.0 Å². The van der Waals surface area contributed by atoms with Crippen molar-refractivity contribution in [2.75, 3.05) is 5.43 Å². The monoisotopic (exact) mass is 261 g/mol. The fraction of sp³-hybridized carbons (Fsp3) is 0.0909. The molecule has 0 unspecified atom stereocenters. The summed E-state index contributed by atoms with van der Waals surface area (Å²) in [6.07, 6.45) is 1.03. The first-order chi connectivity index (χ1) is 9.10. The van der Waals surface area contributed by atoms with Crippen molar-refractivity contribution in [1.82, 2.24) is 9.97 Å². The van der Waals surface area contributed by atoms with Crippen molar-refractivity contribution in [3.8, 4) is 11.6 Å². The van der Waals surface area contributed by atoms with Crippen LogP contribution in [-0.2, 0) is 0 Å². The van der Waals surface area contributed by atoms with Crippen molar-refractivity contribution in [2.45, 2.75) is 6.92 Å². The smallest absolute Gasteiger partial charge is 0.349 e. The zero-order valence-electron chi connectivity index (χ0n) is 10.0. The molecule has 0 aliphatic carbocycles. The molecule has 0 aliphatic rings. The number of hydrogen-bond donors (Lipinski definition) is 2. The predicted octanol–water partition coefficient (Wildman–Crippen LogP) is 1.77. The summed E-state index contributed by atoms with van der Waals surface area (Å²) >= 11 is 0. The Bertz CT molecular complexity index is 600. The van der Waals surface area contributed by atoms with Crippen LogP contribution in [0.15, 0.2) is 30.5 Å². The minimum absolute atomic E-state index is 0.0349. The average molecular weight is 261 g/mol. The second-order valence-electron chi connectivity index (χ2n) is 3.70. The molecule has 1 aromatic carbocycles. The lowest BCUT2D eigenvalue weighted by Crippen LogP contribution is -2.11. The van der Waals surface area contributed by atoms with Gasteiger partial charge in [-0.1, -0.05) is 17.7 Å². The van der Waals surface area contributed by atoms with E-state index in [0.29, 0.717) is 5.75 Å². The SMILES string of the molecule is Cc1ccc(Oc2nc(NN)ncc2[N+](=O)[O-])cc1. The van der Waals surface area contributed by atoms with Crippen LogP contribution in [0.3, 0.4) is 0 Å². The van der Waals surface area contributed by atoms with E-state index in [0.717, 1.165) is 11.8 Å². The molecule has 1 aromatic heterocycles. The Morgan fingerprint density at radius 3 is 2.63 bits per heavy atom. The van der Waals surface area contributed by atoms with E-state index >= 15 is 0 Å². The molecule has 2 rings (SSSR count). The van der Waals surface area contributed by atoms with Crippen LogP contribution in [0.4, 0.5) is 11.6 Å². The Hall–Kier alpha value is -2.74. The fourth-order valence-electron chi connectivity index (χ4n) is 1.35. The quantitative estimate of drug-likeness (QED) is 0.489. The van der Waals surface area contributed by atoms with Gasteiger partial charge in [-0.25, -0.2) is 10.8 Å². The first-order valence-corrected chi connectivity index (χ1v) is 5.32. The Balaban J connectivity index is 2.36. The molecule has 0 atom stereocenters. The highest BCUT2D eigenvalue weighted by atomic mass is 16.6. The molecule has 2 aromatic rings. The number of aromatic nitrogens is 2. The van der Waals surface area contributed by atoms with E-state index in [9.17, 15) is 10.1 Å². The van der Waals surface area contributed by atoms with Gasteiger partial charge in [-0.2, -0.15) is 4.98 Å². The van der Waals surface area contributed by atoms with Crippen molar-refractivity contribution >= 4 is 11.6 Å². The Morgan fingerprint density at radius 1 is 1.37 bits per heavy atom. The zero-order chi connectivity index (χ0) is 13.8. The van der Waals surface area contributed by atoms with Gasteiger partial charge in [-0.3, -0.25) is 15.5 Å². The summed E-state index contributed by atoms with van der Waals surface area (Å²) in [5.41, 5.74) is 2.92. The zero-order valence-corrected chi connectivity index (χ0v) is 10.0. The Morgan fingerprint density at radius 2 is 2.05 bits per heavy atom. The van der Waals surface area contributed by atoms with Gasteiger partial charge in [-0.05, 0) is 19.1 Å². The summed E-state index contributed by atoms with van der Waals surface area (Å²) in [6, 6.07) is 7.03. The van der Waals surface area contributed by atoms with E-state index in [-0.39, 0.29) is 17.5 Å². The third kappa shape index (κ3) is 2.93. The number of nitrogens with one attached hydrogen (secondary N) is 1. The number of rotatable bonds is 4. The standard InChI is InChI=1S/C11H11N5O3/c1-7-2-4-8(5-3-7)19-10-9(16(17)18)6-13-11(14-10)15-12/h2-6H,12H2,1H3,(H,13,14,15). The highest BCUT2D eigenvalue weighted by Crippen LogP contribution is 2.29. The Labute approximate surface area is 108 Å². The van der Waals surface area contributed by atoms with Crippen LogP contribution in [0.1, 0.15) is 5.56 Å².